The van der Waals surface area contributed by atoms with E-state index in [-0.39, 0.29) is 5.91 Å². The van der Waals surface area contributed by atoms with Crippen molar-refractivity contribution in [1.29, 1.82) is 0 Å². The Morgan fingerprint density at radius 1 is 1.41 bits per heavy atom. The van der Waals surface area contributed by atoms with Crippen molar-refractivity contribution in [2.45, 2.75) is 13.3 Å². The number of nitrogens with one attached hydrogen (secondary N) is 2. The van der Waals surface area contributed by atoms with Crippen LogP contribution >= 0.6 is 0 Å². The van der Waals surface area contributed by atoms with Crippen LogP contribution in [0.2, 0.25) is 0 Å². The summed E-state index contributed by atoms with van der Waals surface area (Å²) in [5.41, 5.74) is 3.16. The van der Waals surface area contributed by atoms with E-state index in [1.807, 2.05) is 31.2 Å². The summed E-state index contributed by atoms with van der Waals surface area (Å²) < 4.78 is 0. The summed E-state index contributed by atoms with van der Waals surface area (Å²) in [6, 6.07) is 9.32. The van der Waals surface area contributed by atoms with Crippen molar-refractivity contribution < 1.29 is 4.79 Å². The second-order valence-electron chi connectivity index (χ2n) is 3.82. The lowest BCUT2D eigenvalue weighted by Gasteiger charge is -2.04. The molecule has 17 heavy (non-hydrogen) atoms. The number of hydrogen-bond donors (Lipinski definition) is 2. The molecule has 0 fully saturated rings. The molecule has 2 aromatic rings. The van der Waals surface area contributed by atoms with Crippen molar-refractivity contribution >= 4 is 11.6 Å². The van der Waals surface area contributed by atoms with E-state index >= 15 is 0 Å². The zero-order chi connectivity index (χ0) is 12.3. The largest absolute Gasteiger partial charge is 0.321 e. The highest BCUT2D eigenvalue weighted by molar-refractivity contribution is 6.02. The number of carbonyl (C=O) groups is 1. The maximum atomic E-state index is 11.8. The molecule has 1 aromatic heterocycles. The highest BCUT2D eigenvalue weighted by Gasteiger charge is 2.08. The Hall–Kier alpha value is -2.10. The van der Waals surface area contributed by atoms with Crippen LogP contribution in [-0.4, -0.2) is 16.1 Å². The van der Waals surface area contributed by atoms with Crippen LogP contribution in [0.15, 0.2) is 30.3 Å². The first-order valence-corrected chi connectivity index (χ1v) is 5.40. The molecule has 1 aromatic carbocycles. The van der Waals surface area contributed by atoms with E-state index in [0.717, 1.165) is 23.4 Å². The molecule has 0 saturated heterocycles. The smallest absolute Gasteiger partial charge is 0.273 e. The third kappa shape index (κ3) is 2.72. The van der Waals surface area contributed by atoms with Gasteiger partial charge in [0.1, 0.15) is 5.69 Å². The average molecular weight is 228 g/mol. The van der Waals surface area contributed by atoms with Gasteiger partial charge in [-0.15, -0.1) is 0 Å². The number of rotatable bonds is 3. The van der Waals surface area contributed by atoms with Gasteiger partial charge < -0.3 is 5.32 Å². The quantitative estimate of drug-likeness (QED) is 0.847. The molecule has 4 nitrogen and oxygen atoms in total. The number of amides is 1. The van der Waals surface area contributed by atoms with E-state index in [1.54, 1.807) is 6.07 Å². The Morgan fingerprint density at radius 3 is 2.65 bits per heavy atom. The fourth-order valence-corrected chi connectivity index (χ4v) is 1.49. The number of aromatic amines is 1. The molecule has 0 saturated carbocycles. The fraction of sp³-hybridized carbons (Fsp3) is 0.154. The molecule has 0 aliphatic carbocycles. The number of H-pyrrole nitrogens is 1. The molecule has 2 rings (SSSR count). The van der Waals surface area contributed by atoms with E-state index in [4.69, 9.17) is 0 Å². The number of aromatic nitrogens is 2. The van der Waals surface area contributed by atoms with Gasteiger partial charge in [-0.2, -0.15) is 5.10 Å². The van der Waals surface area contributed by atoms with Gasteiger partial charge in [-0.05, 0) is 44.0 Å². The lowest BCUT2D eigenvalue weighted by Crippen LogP contribution is -2.12. The lowest BCUT2D eigenvalue weighted by atomic mass is 10.1. The van der Waals surface area contributed by atoms with Crippen LogP contribution in [0.3, 0.4) is 0 Å². The molecule has 0 spiro atoms. The van der Waals surface area contributed by atoms with Gasteiger partial charge in [-0.3, -0.25) is 9.89 Å². The number of nitrogens with zero attached hydrogens (tertiary/aromatic N) is 1. The van der Waals surface area contributed by atoms with Crippen molar-refractivity contribution in [2.75, 3.05) is 5.32 Å². The van der Waals surface area contributed by atoms with Crippen LogP contribution in [0, 0.1) is 13.8 Å². The molecule has 1 amide bonds. The maximum absolute atomic E-state index is 11.8. The standard InChI is InChI=1S/C13H14N3O/c1-3-10-4-6-11(7-5-10)14-13(17)12-8-9(2)15-16-12/h4-8H,1,3H2,2H3,(H,14,17)(H,15,16). The van der Waals surface area contributed by atoms with Crippen LogP contribution in [0.5, 0.6) is 0 Å². The molecule has 4 heteroatoms. The number of benzene rings is 1. The molecule has 0 bridgehead atoms. The number of aryl methyl sites for hydroxylation is 1. The monoisotopic (exact) mass is 228 g/mol. The minimum atomic E-state index is -0.187. The van der Waals surface area contributed by atoms with Crippen LogP contribution in [0.4, 0.5) is 5.69 Å². The van der Waals surface area contributed by atoms with E-state index in [0.29, 0.717) is 5.69 Å². The number of carbonyl (C=O) groups excluding carboxylic acids is 1. The van der Waals surface area contributed by atoms with E-state index in [9.17, 15) is 4.79 Å². The Morgan fingerprint density at radius 2 is 2.12 bits per heavy atom. The van der Waals surface area contributed by atoms with Gasteiger partial charge in [-0.25, -0.2) is 0 Å². The molecule has 0 atom stereocenters. The van der Waals surface area contributed by atoms with E-state index < -0.39 is 0 Å². The normalized spacial score (nSPS) is 10.2. The fourth-order valence-electron chi connectivity index (χ4n) is 1.49. The zero-order valence-electron chi connectivity index (χ0n) is 9.66. The number of anilines is 1. The molecule has 0 unspecified atom stereocenters. The van der Waals surface area contributed by atoms with Gasteiger partial charge in [0.2, 0.25) is 0 Å². The summed E-state index contributed by atoms with van der Waals surface area (Å²) in [7, 11) is 0. The number of hydrogen-bond acceptors (Lipinski definition) is 2. The zero-order valence-corrected chi connectivity index (χ0v) is 9.66. The first-order valence-electron chi connectivity index (χ1n) is 5.40. The second kappa shape index (κ2) is 4.82. The van der Waals surface area contributed by atoms with Crippen molar-refractivity contribution in [3.05, 3.63) is 54.2 Å². The summed E-state index contributed by atoms with van der Waals surface area (Å²) in [4.78, 5) is 11.8. The van der Waals surface area contributed by atoms with Crippen molar-refractivity contribution in [2.24, 2.45) is 0 Å². The predicted octanol–water partition coefficient (Wildman–Crippen LogP) is 2.35. The van der Waals surface area contributed by atoms with Gasteiger partial charge >= 0.3 is 0 Å². The average Bonchev–Trinajstić information content (AvgIpc) is 2.77. The summed E-state index contributed by atoms with van der Waals surface area (Å²) in [6.45, 7) is 5.63. The first-order chi connectivity index (χ1) is 8.19. The van der Waals surface area contributed by atoms with Crippen molar-refractivity contribution in [1.82, 2.24) is 10.2 Å². The molecule has 0 aliphatic heterocycles. The third-order valence-electron chi connectivity index (χ3n) is 2.45. The highest BCUT2D eigenvalue weighted by Crippen LogP contribution is 2.11. The molecular weight excluding hydrogens is 214 g/mol. The lowest BCUT2D eigenvalue weighted by molar-refractivity contribution is 0.102. The molecule has 1 heterocycles. The highest BCUT2D eigenvalue weighted by atomic mass is 16.1. The molecular formula is C13H14N3O. The summed E-state index contributed by atoms with van der Waals surface area (Å²) in [5, 5.41) is 9.38. The molecule has 1 radical (unpaired) electrons. The Labute approximate surface area is 100 Å². The van der Waals surface area contributed by atoms with Gasteiger partial charge in [0.25, 0.3) is 5.91 Å². The van der Waals surface area contributed by atoms with E-state index in [2.05, 4.69) is 22.4 Å². The molecule has 87 valence electrons. The van der Waals surface area contributed by atoms with Crippen LogP contribution < -0.4 is 5.32 Å². The third-order valence-corrected chi connectivity index (χ3v) is 2.45. The van der Waals surface area contributed by atoms with Crippen molar-refractivity contribution in [3.8, 4) is 0 Å². The van der Waals surface area contributed by atoms with Crippen LogP contribution in [-0.2, 0) is 6.42 Å². The Bertz CT molecular complexity index is 514. The topological polar surface area (TPSA) is 57.8 Å². The summed E-state index contributed by atoms with van der Waals surface area (Å²) in [6.07, 6.45) is 0.744. The van der Waals surface area contributed by atoms with Gasteiger partial charge in [0.05, 0.1) is 5.69 Å². The van der Waals surface area contributed by atoms with Gasteiger partial charge in [0, 0.05) is 5.69 Å². The van der Waals surface area contributed by atoms with Gasteiger partial charge in [0.15, 0.2) is 0 Å². The Kier molecular flexibility index (Phi) is 3.23. The van der Waals surface area contributed by atoms with Crippen LogP contribution in [0.1, 0.15) is 21.7 Å². The van der Waals surface area contributed by atoms with Gasteiger partial charge in [-0.1, -0.05) is 12.1 Å². The Balaban J connectivity index is 2.07. The van der Waals surface area contributed by atoms with E-state index in [1.165, 1.54) is 0 Å². The summed E-state index contributed by atoms with van der Waals surface area (Å²) in [5.74, 6) is -0.187. The second-order valence-corrected chi connectivity index (χ2v) is 3.82. The minimum absolute atomic E-state index is 0.187. The molecule has 2 N–H and O–H groups in total. The predicted molar refractivity (Wildman–Crippen MR) is 66.8 cm³/mol. The van der Waals surface area contributed by atoms with Crippen LogP contribution in [0.25, 0.3) is 0 Å². The first kappa shape index (κ1) is 11.4. The van der Waals surface area contributed by atoms with Crippen molar-refractivity contribution in [3.63, 3.8) is 0 Å². The molecule has 0 aliphatic rings. The SMILES string of the molecule is [CH2]Cc1ccc(NC(=O)c2cc(C)n[nH]2)cc1. The minimum Gasteiger partial charge on any atom is -0.321 e. The summed E-state index contributed by atoms with van der Waals surface area (Å²) >= 11 is 0. The maximum Gasteiger partial charge on any atom is 0.273 e.